The molecule has 1 saturated heterocycles. The number of halogens is 1. The molecule has 5 aromatic carbocycles. The number of carbonyl (C=O) groups is 1. The van der Waals surface area contributed by atoms with Gasteiger partial charge in [0.15, 0.2) is 13.8 Å². The summed E-state index contributed by atoms with van der Waals surface area (Å²) >= 11 is 5.55. The first-order valence-corrected chi connectivity index (χ1v) is 24.5. The molecule has 1 amide bonds. The highest BCUT2D eigenvalue weighted by Gasteiger charge is 2.55. The van der Waals surface area contributed by atoms with Gasteiger partial charge in [0.2, 0.25) is 0 Å². The molecule has 1 fully saturated rings. The summed E-state index contributed by atoms with van der Waals surface area (Å²) < 4.78 is 34.3. The lowest BCUT2D eigenvalue weighted by Gasteiger charge is -2.42. The molecular formula is C48H54BrNO6SSi. The number of hydrogen-bond acceptors (Lipinski definition) is 7. The highest BCUT2D eigenvalue weighted by atomic mass is 79.9. The summed E-state index contributed by atoms with van der Waals surface area (Å²) in [6, 6.07) is 42.9. The van der Waals surface area contributed by atoms with Gasteiger partial charge in [-0.05, 0) is 95.3 Å². The molecule has 2 aliphatic rings. The van der Waals surface area contributed by atoms with Crippen molar-refractivity contribution in [2.45, 2.75) is 99.9 Å². The van der Waals surface area contributed by atoms with Crippen molar-refractivity contribution in [3.63, 3.8) is 0 Å². The normalized spacial score (nSPS) is 20.0. The van der Waals surface area contributed by atoms with Gasteiger partial charge < -0.3 is 23.4 Å². The van der Waals surface area contributed by atoms with E-state index >= 15 is 0 Å². The summed E-state index contributed by atoms with van der Waals surface area (Å²) in [4.78, 5) is 16.7. The number of ether oxygens (including phenoxy) is 4. The lowest BCUT2D eigenvalue weighted by molar-refractivity contribution is -0.0491. The molecule has 0 radical (unpaired) electrons. The van der Waals surface area contributed by atoms with Crippen molar-refractivity contribution in [3.05, 3.63) is 160 Å². The van der Waals surface area contributed by atoms with Crippen LogP contribution in [0.4, 0.5) is 4.79 Å². The Morgan fingerprint density at radius 2 is 1.47 bits per heavy atom. The van der Waals surface area contributed by atoms with E-state index in [1.807, 2.05) is 74.5 Å². The van der Waals surface area contributed by atoms with Crippen molar-refractivity contribution in [1.29, 1.82) is 0 Å². The van der Waals surface area contributed by atoms with Crippen LogP contribution in [0, 0.1) is 0 Å². The fourth-order valence-corrected chi connectivity index (χ4v) is 10.2. The number of amides is 1. The topological polar surface area (TPSA) is 66.5 Å². The lowest BCUT2D eigenvalue weighted by Crippen LogP contribution is -2.49. The van der Waals surface area contributed by atoms with Gasteiger partial charge in [0.05, 0.1) is 29.1 Å². The Morgan fingerprint density at radius 1 is 0.828 bits per heavy atom. The molecule has 58 heavy (non-hydrogen) atoms. The van der Waals surface area contributed by atoms with Crippen LogP contribution in [0.3, 0.4) is 0 Å². The number of fused-ring (bicyclic) bond motifs is 1. The molecule has 0 aromatic heterocycles. The molecular weight excluding hydrogens is 827 g/mol. The van der Waals surface area contributed by atoms with Crippen LogP contribution in [0.2, 0.25) is 18.1 Å². The van der Waals surface area contributed by atoms with Gasteiger partial charge in [0.25, 0.3) is 0 Å². The van der Waals surface area contributed by atoms with Crippen molar-refractivity contribution in [3.8, 4) is 11.5 Å². The van der Waals surface area contributed by atoms with Crippen LogP contribution >= 0.6 is 27.7 Å². The van der Waals surface area contributed by atoms with E-state index in [2.05, 4.69) is 117 Å². The Bertz CT molecular complexity index is 2180. The van der Waals surface area contributed by atoms with Gasteiger partial charge in [-0.1, -0.05) is 136 Å². The summed E-state index contributed by atoms with van der Waals surface area (Å²) in [6.07, 6.45) is 0.137. The lowest BCUT2D eigenvalue weighted by atomic mass is 9.75. The summed E-state index contributed by atoms with van der Waals surface area (Å²) in [5, 5.41) is -0.0296. The highest BCUT2D eigenvalue weighted by Crippen LogP contribution is 2.57. The highest BCUT2D eigenvalue weighted by molar-refractivity contribution is 9.10. The average molecular weight is 881 g/mol. The third-order valence-electron chi connectivity index (χ3n) is 11.7. The summed E-state index contributed by atoms with van der Waals surface area (Å²) in [5.74, 6) is 1.55. The van der Waals surface area contributed by atoms with E-state index in [1.165, 1.54) is 0 Å². The summed E-state index contributed by atoms with van der Waals surface area (Å²) in [6.45, 7) is 16.6. The zero-order valence-corrected chi connectivity index (χ0v) is 37.9. The molecule has 7 rings (SSSR count). The Balaban J connectivity index is 1.34. The summed E-state index contributed by atoms with van der Waals surface area (Å²) in [5.41, 5.74) is 2.97. The minimum Gasteiger partial charge on any atom is -0.489 e. The predicted octanol–water partition coefficient (Wildman–Crippen LogP) is 12.2. The second-order valence-corrected chi connectivity index (χ2v) is 23.9. The predicted molar refractivity (Wildman–Crippen MR) is 238 cm³/mol. The van der Waals surface area contributed by atoms with Crippen LogP contribution in [-0.2, 0) is 38.9 Å². The van der Waals surface area contributed by atoms with Crippen LogP contribution in [0.15, 0.2) is 137 Å². The maximum absolute atomic E-state index is 13.8. The fraction of sp³-hybridized carbons (Fsp3) is 0.354. The molecule has 3 atom stereocenters. The zero-order valence-electron chi connectivity index (χ0n) is 34.5. The Kier molecular flexibility index (Phi) is 12.5. The smallest absolute Gasteiger partial charge is 0.412 e. The third kappa shape index (κ3) is 8.92. The first-order valence-electron chi connectivity index (χ1n) is 19.9. The zero-order chi connectivity index (χ0) is 41.1. The van der Waals surface area contributed by atoms with Crippen LogP contribution in [0.5, 0.6) is 11.5 Å². The minimum atomic E-state index is -2.30. The van der Waals surface area contributed by atoms with Crippen molar-refractivity contribution in [1.82, 2.24) is 4.90 Å². The van der Waals surface area contributed by atoms with Crippen molar-refractivity contribution in [2.24, 2.45) is 0 Å². The Hall–Kier alpha value is -4.06. The molecule has 10 heteroatoms. The van der Waals surface area contributed by atoms with E-state index in [9.17, 15) is 4.79 Å². The van der Waals surface area contributed by atoms with Crippen LogP contribution in [0.25, 0.3) is 0 Å². The van der Waals surface area contributed by atoms with E-state index < -0.39 is 31.0 Å². The van der Waals surface area contributed by atoms with Crippen molar-refractivity contribution < 1.29 is 28.2 Å². The number of carbonyl (C=O) groups excluding carboxylic acids is 1. The third-order valence-corrected chi connectivity index (χ3v) is 18.1. The molecule has 2 aliphatic heterocycles. The van der Waals surface area contributed by atoms with Crippen LogP contribution in [0.1, 0.15) is 62.4 Å². The van der Waals surface area contributed by atoms with Gasteiger partial charge in [-0.15, -0.1) is 0 Å². The molecule has 7 nitrogen and oxygen atoms in total. The molecule has 0 aliphatic carbocycles. The van der Waals surface area contributed by atoms with Gasteiger partial charge >= 0.3 is 6.09 Å². The minimum absolute atomic E-state index is 0.0296. The molecule has 2 heterocycles. The number of rotatable bonds is 13. The molecule has 0 N–H and O–H groups in total. The Labute approximate surface area is 357 Å². The molecule has 5 aromatic rings. The second-order valence-electron chi connectivity index (χ2n) is 17.1. The maximum atomic E-state index is 13.8. The number of hydrogen-bond donors (Lipinski definition) is 0. The quantitative estimate of drug-likeness (QED) is 0.109. The molecule has 0 bridgehead atoms. The second kappa shape index (κ2) is 17.3. The van der Waals surface area contributed by atoms with E-state index in [0.717, 1.165) is 48.7 Å². The van der Waals surface area contributed by atoms with Gasteiger partial charge in [-0.25, -0.2) is 4.79 Å². The summed E-state index contributed by atoms with van der Waals surface area (Å²) in [7, 11) is -2.30. The van der Waals surface area contributed by atoms with E-state index in [-0.39, 0.29) is 17.7 Å². The van der Waals surface area contributed by atoms with E-state index in [1.54, 1.807) is 16.7 Å². The van der Waals surface area contributed by atoms with Crippen molar-refractivity contribution in [2.75, 3.05) is 13.2 Å². The number of benzene rings is 5. The number of thioether (sulfide) groups is 1. The molecule has 304 valence electrons. The largest absolute Gasteiger partial charge is 0.489 e. The van der Waals surface area contributed by atoms with Gasteiger partial charge in [-0.2, -0.15) is 0 Å². The SMILES string of the molecule is CC1(C)OC[C@H](Cc2ccc(OCc3ccccc3)c(C3(CO[Si](C)(C)C(C)(C)C)c4cccc(Br)c4OC3Sc3ccccc3)c2)N1C(=O)OCc1ccccc1. The standard InChI is InChI=1S/C48H54BrNO6SSi/c1-46(2,3)58(6,7)55-33-48(39-24-17-25-41(49)43(39)56-44(48)57-38-22-15-10-16-23-38)40-29-36(26-27-42(40)52-30-34-18-11-8-12-19-34)28-37-32-54-47(4,5)50(37)45(51)53-31-35-20-13-9-14-21-35/h8-27,29,37,44H,28,30-33H2,1-7H3/t37-,44?,48?/m0/s1. The van der Waals surface area contributed by atoms with Crippen LogP contribution in [-0.4, -0.2) is 49.7 Å². The fourth-order valence-electron chi connectivity index (χ4n) is 7.45. The van der Waals surface area contributed by atoms with E-state index in [0.29, 0.717) is 26.2 Å². The van der Waals surface area contributed by atoms with Crippen LogP contribution < -0.4 is 9.47 Å². The first kappa shape index (κ1) is 42.1. The Morgan fingerprint density at radius 3 is 2.12 bits per heavy atom. The molecule has 2 unspecified atom stereocenters. The first-order chi connectivity index (χ1) is 27.7. The van der Waals surface area contributed by atoms with Gasteiger partial charge in [-0.3, -0.25) is 4.90 Å². The van der Waals surface area contributed by atoms with Crippen molar-refractivity contribution >= 4 is 42.1 Å². The van der Waals surface area contributed by atoms with Gasteiger partial charge in [0, 0.05) is 16.0 Å². The number of para-hydroxylation sites is 1. The van der Waals surface area contributed by atoms with E-state index in [4.69, 9.17) is 23.4 Å². The monoisotopic (exact) mass is 879 g/mol. The number of nitrogens with zero attached hydrogens (tertiary/aromatic N) is 1. The molecule has 0 spiro atoms. The maximum Gasteiger partial charge on any atom is 0.412 e. The molecule has 0 saturated carbocycles. The average Bonchev–Trinajstić information content (AvgIpc) is 3.69. The van der Waals surface area contributed by atoms with Gasteiger partial charge in [0.1, 0.15) is 30.4 Å².